The number of benzene rings is 1. The Hall–Kier alpha value is -1.06. The Bertz CT molecular complexity index is 282. The second-order valence-electron chi connectivity index (χ2n) is 2.72. The predicted octanol–water partition coefficient (Wildman–Crippen LogP) is 1.83. The maximum absolute atomic E-state index is 10.5. The Labute approximate surface area is 83.0 Å². The van der Waals surface area contributed by atoms with E-state index in [0.717, 1.165) is 5.56 Å². The van der Waals surface area contributed by atoms with Gasteiger partial charge in [-0.25, -0.2) is 4.79 Å². The Balaban J connectivity index is 0.00000144. The van der Waals surface area contributed by atoms with E-state index in [1.807, 2.05) is 6.92 Å². The molecule has 0 fully saturated rings. The van der Waals surface area contributed by atoms with Crippen molar-refractivity contribution >= 4 is 18.4 Å². The summed E-state index contributed by atoms with van der Waals surface area (Å²) in [7, 11) is 0. The van der Waals surface area contributed by atoms with Crippen LogP contribution in [0.4, 0.5) is 0 Å². The zero-order chi connectivity index (χ0) is 9.14. The Morgan fingerprint density at radius 1 is 1.38 bits per heavy atom. The molecule has 0 amide bonds. The molecule has 1 aromatic carbocycles. The summed E-state index contributed by atoms with van der Waals surface area (Å²) in [5.74, 6) is -0.911. The molecule has 3 N–H and O–H groups in total. The largest absolute Gasteiger partial charge is 0.478 e. The Morgan fingerprint density at radius 3 is 2.15 bits per heavy atom. The molecule has 0 saturated carbocycles. The molecule has 1 rings (SSSR count). The normalized spacial score (nSPS) is 11.5. The van der Waals surface area contributed by atoms with Gasteiger partial charge < -0.3 is 10.8 Å². The summed E-state index contributed by atoms with van der Waals surface area (Å²) in [6.45, 7) is 1.86. The van der Waals surface area contributed by atoms with E-state index in [4.69, 9.17) is 10.8 Å². The topological polar surface area (TPSA) is 63.3 Å². The fraction of sp³-hybridized carbons (Fsp3) is 0.222. The number of hydrogen-bond acceptors (Lipinski definition) is 2. The minimum atomic E-state index is -0.911. The van der Waals surface area contributed by atoms with Crippen LogP contribution >= 0.6 is 12.4 Å². The highest BCUT2D eigenvalue weighted by molar-refractivity contribution is 5.87. The molecule has 0 bridgehead atoms. The number of nitrogens with two attached hydrogens (primary N) is 1. The smallest absolute Gasteiger partial charge is 0.335 e. The maximum atomic E-state index is 10.5. The summed E-state index contributed by atoms with van der Waals surface area (Å²) in [6, 6.07) is 6.53. The second kappa shape index (κ2) is 4.84. The molecule has 0 aliphatic heterocycles. The van der Waals surface area contributed by atoms with Crippen molar-refractivity contribution < 1.29 is 9.90 Å². The van der Waals surface area contributed by atoms with Crippen LogP contribution < -0.4 is 5.73 Å². The number of carboxylic acids is 1. The summed E-state index contributed by atoms with van der Waals surface area (Å²) in [4.78, 5) is 10.5. The van der Waals surface area contributed by atoms with E-state index >= 15 is 0 Å². The van der Waals surface area contributed by atoms with Crippen molar-refractivity contribution in [2.75, 3.05) is 0 Å². The summed E-state index contributed by atoms with van der Waals surface area (Å²) in [6.07, 6.45) is 0. The Kier molecular flexibility index (Phi) is 4.45. The zero-order valence-electron chi connectivity index (χ0n) is 7.23. The average molecular weight is 202 g/mol. The minimum absolute atomic E-state index is 0. The third-order valence-corrected chi connectivity index (χ3v) is 1.68. The predicted molar refractivity (Wildman–Crippen MR) is 53.3 cm³/mol. The first-order chi connectivity index (χ1) is 5.61. The van der Waals surface area contributed by atoms with Crippen LogP contribution in [0.1, 0.15) is 28.9 Å². The number of carboxylic acid groups (broad SMARTS) is 1. The van der Waals surface area contributed by atoms with Crippen LogP contribution in [0.25, 0.3) is 0 Å². The molecule has 1 aromatic rings. The molecular formula is C9H12ClNO2. The fourth-order valence-corrected chi connectivity index (χ4v) is 0.929. The van der Waals surface area contributed by atoms with Gasteiger partial charge in [0.25, 0.3) is 0 Å². The number of hydrogen-bond donors (Lipinski definition) is 2. The van der Waals surface area contributed by atoms with Crippen molar-refractivity contribution in [2.24, 2.45) is 5.73 Å². The summed E-state index contributed by atoms with van der Waals surface area (Å²) in [5, 5.41) is 8.58. The van der Waals surface area contributed by atoms with Crippen LogP contribution in [0.2, 0.25) is 0 Å². The van der Waals surface area contributed by atoms with Gasteiger partial charge in [0.1, 0.15) is 0 Å². The Morgan fingerprint density at radius 2 is 1.85 bits per heavy atom. The standard InChI is InChI=1S/C9H11NO2.ClH/c1-6(10)7-2-4-8(5-3-7)9(11)12;/h2-6H,10H2,1H3,(H,11,12);1H/t6-;/m1./s1. The van der Waals surface area contributed by atoms with Crippen LogP contribution in [-0.2, 0) is 0 Å². The van der Waals surface area contributed by atoms with E-state index in [1.54, 1.807) is 24.3 Å². The zero-order valence-corrected chi connectivity index (χ0v) is 8.04. The van der Waals surface area contributed by atoms with Crippen LogP contribution in [0.5, 0.6) is 0 Å². The van der Waals surface area contributed by atoms with Gasteiger partial charge in [-0.05, 0) is 24.6 Å². The molecular weight excluding hydrogens is 190 g/mol. The molecule has 72 valence electrons. The van der Waals surface area contributed by atoms with Crippen molar-refractivity contribution in [2.45, 2.75) is 13.0 Å². The van der Waals surface area contributed by atoms with E-state index in [9.17, 15) is 4.79 Å². The van der Waals surface area contributed by atoms with Gasteiger partial charge in [-0.3, -0.25) is 0 Å². The highest BCUT2D eigenvalue weighted by Gasteiger charge is 2.02. The first kappa shape index (κ1) is 11.9. The molecule has 0 aromatic heterocycles. The van der Waals surface area contributed by atoms with Crippen LogP contribution in [0, 0.1) is 0 Å². The lowest BCUT2D eigenvalue weighted by Crippen LogP contribution is -2.05. The minimum Gasteiger partial charge on any atom is -0.478 e. The first-order valence-electron chi connectivity index (χ1n) is 3.70. The van der Waals surface area contributed by atoms with Crippen molar-refractivity contribution in [3.8, 4) is 0 Å². The SMILES string of the molecule is C[C@@H](N)c1ccc(C(=O)O)cc1.Cl. The average Bonchev–Trinajstić information content (AvgIpc) is 2.04. The van der Waals surface area contributed by atoms with Gasteiger partial charge in [0, 0.05) is 6.04 Å². The van der Waals surface area contributed by atoms with Gasteiger partial charge in [0.2, 0.25) is 0 Å². The lowest BCUT2D eigenvalue weighted by Gasteiger charge is -2.04. The van der Waals surface area contributed by atoms with Gasteiger partial charge in [0.15, 0.2) is 0 Å². The summed E-state index contributed by atoms with van der Waals surface area (Å²) >= 11 is 0. The molecule has 4 heteroatoms. The molecule has 0 heterocycles. The van der Waals surface area contributed by atoms with E-state index in [0.29, 0.717) is 5.56 Å². The van der Waals surface area contributed by atoms with E-state index < -0.39 is 5.97 Å². The highest BCUT2D eigenvalue weighted by Crippen LogP contribution is 2.10. The van der Waals surface area contributed by atoms with Gasteiger partial charge in [-0.1, -0.05) is 12.1 Å². The first-order valence-corrected chi connectivity index (χ1v) is 3.70. The van der Waals surface area contributed by atoms with Crippen molar-refractivity contribution in [1.29, 1.82) is 0 Å². The lowest BCUT2D eigenvalue weighted by atomic mass is 10.1. The van der Waals surface area contributed by atoms with Gasteiger partial charge in [-0.15, -0.1) is 12.4 Å². The number of carbonyl (C=O) groups is 1. The molecule has 0 saturated heterocycles. The molecule has 3 nitrogen and oxygen atoms in total. The molecule has 0 radical (unpaired) electrons. The van der Waals surface area contributed by atoms with Gasteiger partial charge in [-0.2, -0.15) is 0 Å². The molecule has 0 aliphatic carbocycles. The lowest BCUT2D eigenvalue weighted by molar-refractivity contribution is 0.0697. The van der Waals surface area contributed by atoms with Crippen molar-refractivity contribution in [3.05, 3.63) is 35.4 Å². The number of aromatic carboxylic acids is 1. The molecule has 1 atom stereocenters. The third kappa shape index (κ3) is 3.05. The molecule has 0 unspecified atom stereocenters. The van der Waals surface area contributed by atoms with E-state index in [1.165, 1.54) is 0 Å². The van der Waals surface area contributed by atoms with Crippen LogP contribution in [0.15, 0.2) is 24.3 Å². The summed E-state index contributed by atoms with van der Waals surface area (Å²) in [5.41, 5.74) is 6.83. The molecule has 0 spiro atoms. The monoisotopic (exact) mass is 201 g/mol. The molecule has 0 aliphatic rings. The highest BCUT2D eigenvalue weighted by atomic mass is 35.5. The number of rotatable bonds is 2. The third-order valence-electron chi connectivity index (χ3n) is 1.68. The fourth-order valence-electron chi connectivity index (χ4n) is 0.929. The molecule has 13 heavy (non-hydrogen) atoms. The number of halogens is 1. The van der Waals surface area contributed by atoms with E-state index in [2.05, 4.69) is 0 Å². The van der Waals surface area contributed by atoms with Gasteiger partial charge >= 0.3 is 5.97 Å². The van der Waals surface area contributed by atoms with Gasteiger partial charge in [0.05, 0.1) is 5.56 Å². The maximum Gasteiger partial charge on any atom is 0.335 e. The van der Waals surface area contributed by atoms with E-state index in [-0.39, 0.29) is 18.4 Å². The quantitative estimate of drug-likeness (QED) is 0.768. The summed E-state index contributed by atoms with van der Waals surface area (Å²) < 4.78 is 0. The van der Waals surface area contributed by atoms with Crippen molar-refractivity contribution in [1.82, 2.24) is 0 Å². The van der Waals surface area contributed by atoms with Crippen LogP contribution in [-0.4, -0.2) is 11.1 Å². The second-order valence-corrected chi connectivity index (χ2v) is 2.72. The van der Waals surface area contributed by atoms with Crippen molar-refractivity contribution in [3.63, 3.8) is 0 Å². The van der Waals surface area contributed by atoms with Crippen LogP contribution in [0.3, 0.4) is 0 Å².